The zero-order valence-corrected chi connectivity index (χ0v) is 9.17. The van der Waals surface area contributed by atoms with Crippen molar-refractivity contribution < 1.29 is 4.39 Å². The van der Waals surface area contributed by atoms with Crippen molar-refractivity contribution in [3.63, 3.8) is 0 Å². The number of hydrogen-bond acceptors (Lipinski definition) is 4. The van der Waals surface area contributed by atoms with Crippen LogP contribution in [0.4, 0.5) is 4.39 Å². The lowest BCUT2D eigenvalue weighted by molar-refractivity contribution is 0.624. The van der Waals surface area contributed by atoms with Gasteiger partial charge in [-0.25, -0.2) is 9.49 Å². The molecule has 0 aliphatic rings. The Labute approximate surface area is 100 Å². The predicted octanol–water partition coefficient (Wildman–Crippen LogP) is 0.702. The summed E-state index contributed by atoms with van der Waals surface area (Å²) in [6.45, 7) is 0.441. The first-order valence-electron chi connectivity index (χ1n) is 5.25. The van der Waals surface area contributed by atoms with Crippen LogP contribution in [0.2, 0.25) is 0 Å². The Morgan fingerprint density at radius 3 is 2.78 bits per heavy atom. The van der Waals surface area contributed by atoms with E-state index in [0.717, 1.165) is 5.56 Å². The van der Waals surface area contributed by atoms with Crippen LogP contribution in [0.3, 0.4) is 0 Å². The molecule has 0 saturated carbocycles. The van der Waals surface area contributed by atoms with Crippen molar-refractivity contribution in [3.05, 3.63) is 52.2 Å². The minimum Gasteiger partial charge on any atom is -0.267 e. The van der Waals surface area contributed by atoms with Gasteiger partial charge in [-0.05, 0) is 17.7 Å². The molecule has 2 aromatic heterocycles. The molecule has 90 valence electrons. The second kappa shape index (κ2) is 4.02. The summed E-state index contributed by atoms with van der Waals surface area (Å²) in [5, 5.41) is 13.9. The maximum Gasteiger partial charge on any atom is 0.278 e. The number of aromatic amines is 1. The Morgan fingerprint density at radius 2 is 2.06 bits per heavy atom. The smallest absolute Gasteiger partial charge is 0.267 e. The van der Waals surface area contributed by atoms with Crippen molar-refractivity contribution in [2.24, 2.45) is 0 Å². The summed E-state index contributed by atoms with van der Waals surface area (Å²) in [6.07, 6.45) is 1.59. The molecule has 7 heteroatoms. The van der Waals surface area contributed by atoms with E-state index >= 15 is 0 Å². The van der Waals surface area contributed by atoms with Crippen LogP contribution in [0.5, 0.6) is 0 Å². The van der Waals surface area contributed by atoms with Gasteiger partial charge in [0.2, 0.25) is 5.65 Å². The minimum atomic E-state index is -0.328. The van der Waals surface area contributed by atoms with E-state index in [0.29, 0.717) is 17.6 Å². The Bertz CT molecular complexity index is 746. The Morgan fingerprint density at radius 1 is 1.28 bits per heavy atom. The fraction of sp³-hybridized carbons (Fsp3) is 0.0909. The summed E-state index contributed by atoms with van der Waals surface area (Å²) in [7, 11) is 0. The number of aromatic nitrogens is 5. The van der Waals surface area contributed by atoms with Gasteiger partial charge in [0.15, 0.2) is 0 Å². The van der Waals surface area contributed by atoms with Crippen LogP contribution in [0.15, 0.2) is 35.3 Å². The largest absolute Gasteiger partial charge is 0.278 e. The number of H-pyrrole nitrogens is 1. The van der Waals surface area contributed by atoms with Gasteiger partial charge in [0.05, 0.1) is 6.54 Å². The molecular weight excluding hydrogens is 237 g/mol. The van der Waals surface area contributed by atoms with Crippen LogP contribution in [0.25, 0.3) is 11.0 Å². The molecular formula is C11H8FN5O. The first-order valence-corrected chi connectivity index (χ1v) is 5.25. The molecule has 0 bridgehead atoms. The molecule has 0 unspecified atom stereocenters. The molecule has 6 nitrogen and oxygen atoms in total. The van der Waals surface area contributed by atoms with E-state index in [1.54, 1.807) is 23.0 Å². The highest BCUT2D eigenvalue weighted by molar-refractivity contribution is 5.71. The SMILES string of the molecule is O=c1[nH]nnc2nn(Cc3ccc(F)cc3)cc12. The molecule has 1 N–H and O–H groups in total. The molecule has 0 aliphatic carbocycles. The molecule has 0 saturated heterocycles. The number of hydrogen-bond donors (Lipinski definition) is 1. The lowest BCUT2D eigenvalue weighted by atomic mass is 10.2. The van der Waals surface area contributed by atoms with Crippen molar-refractivity contribution in [3.8, 4) is 0 Å². The number of fused-ring (bicyclic) bond motifs is 1. The van der Waals surface area contributed by atoms with Gasteiger partial charge in [-0.2, -0.15) is 0 Å². The van der Waals surface area contributed by atoms with E-state index in [1.165, 1.54) is 12.1 Å². The Hall–Kier alpha value is -2.57. The van der Waals surface area contributed by atoms with E-state index in [9.17, 15) is 9.18 Å². The zero-order chi connectivity index (χ0) is 12.5. The molecule has 3 rings (SSSR count). The van der Waals surface area contributed by atoms with Crippen molar-refractivity contribution in [1.29, 1.82) is 0 Å². The van der Waals surface area contributed by atoms with Crippen molar-refractivity contribution >= 4 is 11.0 Å². The Kier molecular flexibility index (Phi) is 2.36. The average molecular weight is 245 g/mol. The normalized spacial score (nSPS) is 10.9. The predicted molar refractivity (Wildman–Crippen MR) is 61.4 cm³/mol. The van der Waals surface area contributed by atoms with Gasteiger partial charge in [-0.15, -0.1) is 10.2 Å². The lowest BCUT2D eigenvalue weighted by Crippen LogP contribution is -2.08. The molecule has 1 aromatic carbocycles. The van der Waals surface area contributed by atoms with Gasteiger partial charge >= 0.3 is 0 Å². The highest BCUT2D eigenvalue weighted by atomic mass is 19.1. The monoisotopic (exact) mass is 245 g/mol. The van der Waals surface area contributed by atoms with Crippen LogP contribution >= 0.6 is 0 Å². The number of rotatable bonds is 2. The summed E-state index contributed by atoms with van der Waals surface area (Å²) in [6, 6.07) is 6.09. The first kappa shape index (κ1) is 10.6. The fourth-order valence-corrected chi connectivity index (χ4v) is 1.68. The van der Waals surface area contributed by atoms with Gasteiger partial charge in [-0.1, -0.05) is 17.3 Å². The summed E-state index contributed by atoms with van der Waals surface area (Å²) in [5.41, 5.74) is 0.847. The van der Waals surface area contributed by atoms with Crippen LogP contribution in [0, 0.1) is 5.82 Å². The molecule has 0 aliphatic heterocycles. The highest BCUT2D eigenvalue weighted by Gasteiger charge is 2.06. The van der Waals surface area contributed by atoms with Gasteiger partial charge in [-0.3, -0.25) is 9.48 Å². The molecule has 0 radical (unpaired) electrons. The summed E-state index contributed by atoms with van der Waals surface area (Å²) in [5.74, 6) is -0.285. The fourth-order valence-electron chi connectivity index (χ4n) is 1.68. The molecule has 0 amide bonds. The van der Waals surface area contributed by atoms with E-state index in [-0.39, 0.29) is 11.4 Å². The number of benzene rings is 1. The quantitative estimate of drug-likeness (QED) is 0.721. The number of nitrogens with one attached hydrogen (secondary N) is 1. The van der Waals surface area contributed by atoms with Gasteiger partial charge in [0, 0.05) is 6.20 Å². The summed E-state index contributed by atoms with van der Waals surface area (Å²) in [4.78, 5) is 11.4. The highest BCUT2D eigenvalue weighted by Crippen LogP contribution is 2.07. The standard InChI is InChI=1S/C11H8FN5O/c12-8-3-1-7(2-4-8)5-17-6-9-10(15-17)13-16-14-11(9)18/h1-4,6H,5H2,(H,13,14,15,18). The molecule has 2 heterocycles. The van der Waals surface area contributed by atoms with E-state index in [4.69, 9.17) is 0 Å². The van der Waals surface area contributed by atoms with Crippen LogP contribution < -0.4 is 5.56 Å². The van der Waals surface area contributed by atoms with Crippen LogP contribution in [0.1, 0.15) is 5.56 Å². The van der Waals surface area contributed by atoms with Gasteiger partial charge < -0.3 is 0 Å². The van der Waals surface area contributed by atoms with E-state index < -0.39 is 0 Å². The van der Waals surface area contributed by atoms with Crippen molar-refractivity contribution in [1.82, 2.24) is 25.2 Å². The van der Waals surface area contributed by atoms with E-state index in [2.05, 4.69) is 20.5 Å². The zero-order valence-electron chi connectivity index (χ0n) is 9.17. The number of nitrogens with zero attached hydrogens (tertiary/aromatic N) is 4. The third kappa shape index (κ3) is 1.86. The molecule has 0 spiro atoms. The molecule has 0 fully saturated rings. The molecule has 0 atom stereocenters. The summed E-state index contributed by atoms with van der Waals surface area (Å²) >= 11 is 0. The minimum absolute atomic E-state index is 0.285. The summed E-state index contributed by atoms with van der Waals surface area (Å²) < 4.78 is 14.3. The second-order valence-electron chi connectivity index (χ2n) is 3.83. The van der Waals surface area contributed by atoms with Crippen molar-refractivity contribution in [2.75, 3.05) is 0 Å². The maximum absolute atomic E-state index is 12.8. The maximum atomic E-state index is 12.8. The first-order chi connectivity index (χ1) is 8.72. The third-order valence-electron chi connectivity index (χ3n) is 2.54. The topological polar surface area (TPSA) is 76.5 Å². The molecule has 18 heavy (non-hydrogen) atoms. The number of halogens is 1. The van der Waals surface area contributed by atoms with Crippen molar-refractivity contribution in [2.45, 2.75) is 6.54 Å². The van der Waals surface area contributed by atoms with Gasteiger partial charge in [0.1, 0.15) is 11.2 Å². The van der Waals surface area contributed by atoms with Crippen LogP contribution in [-0.2, 0) is 6.54 Å². The van der Waals surface area contributed by atoms with E-state index in [1.807, 2.05) is 0 Å². The average Bonchev–Trinajstić information content (AvgIpc) is 2.76. The lowest BCUT2D eigenvalue weighted by Gasteiger charge is -2.00. The van der Waals surface area contributed by atoms with Gasteiger partial charge in [0.25, 0.3) is 5.56 Å². The van der Waals surface area contributed by atoms with Crippen LogP contribution in [-0.4, -0.2) is 25.2 Å². The Balaban J connectivity index is 1.98. The molecule has 3 aromatic rings. The second-order valence-corrected chi connectivity index (χ2v) is 3.83. The third-order valence-corrected chi connectivity index (χ3v) is 2.54.